The molecular formula is C21H19F3N2O4S. The third-order valence-corrected chi connectivity index (χ3v) is 6.40. The van der Waals surface area contributed by atoms with Crippen LogP contribution in [0.4, 0.5) is 13.2 Å². The maximum Gasteiger partial charge on any atom is 0.416 e. The van der Waals surface area contributed by atoms with Crippen LogP contribution in [0.5, 0.6) is 0 Å². The third kappa shape index (κ3) is 5.85. The van der Waals surface area contributed by atoms with E-state index in [-0.39, 0.29) is 35.7 Å². The van der Waals surface area contributed by atoms with Crippen LogP contribution >= 0.6 is 0 Å². The molecule has 31 heavy (non-hydrogen) atoms. The maximum absolute atomic E-state index is 12.7. The van der Waals surface area contributed by atoms with E-state index in [4.69, 9.17) is 4.74 Å². The summed E-state index contributed by atoms with van der Waals surface area (Å²) in [6.07, 6.45) is -4.45. The van der Waals surface area contributed by atoms with Crippen LogP contribution in [0.1, 0.15) is 21.5 Å². The van der Waals surface area contributed by atoms with E-state index in [9.17, 15) is 26.4 Å². The number of amides is 1. The van der Waals surface area contributed by atoms with Crippen molar-refractivity contribution in [3.63, 3.8) is 0 Å². The smallest absolute Gasteiger partial charge is 0.379 e. The molecule has 0 unspecified atom stereocenters. The van der Waals surface area contributed by atoms with E-state index < -0.39 is 27.7 Å². The van der Waals surface area contributed by atoms with E-state index in [1.807, 2.05) is 0 Å². The minimum atomic E-state index is -4.45. The van der Waals surface area contributed by atoms with Gasteiger partial charge in [0.15, 0.2) is 0 Å². The largest absolute Gasteiger partial charge is 0.416 e. The second kappa shape index (κ2) is 9.51. The van der Waals surface area contributed by atoms with Crippen LogP contribution in [-0.4, -0.2) is 51.5 Å². The molecule has 0 saturated carbocycles. The molecular weight excluding hydrogens is 433 g/mol. The molecule has 6 nitrogen and oxygen atoms in total. The van der Waals surface area contributed by atoms with Gasteiger partial charge in [-0.1, -0.05) is 17.9 Å². The van der Waals surface area contributed by atoms with Crippen LogP contribution < -0.4 is 5.32 Å². The molecule has 0 aromatic heterocycles. The summed E-state index contributed by atoms with van der Waals surface area (Å²) in [6, 6.07) is 10.1. The molecule has 1 aliphatic rings. The van der Waals surface area contributed by atoms with Crippen molar-refractivity contribution in [2.24, 2.45) is 0 Å². The van der Waals surface area contributed by atoms with Gasteiger partial charge in [0.1, 0.15) is 0 Å². The highest BCUT2D eigenvalue weighted by molar-refractivity contribution is 7.89. The van der Waals surface area contributed by atoms with Gasteiger partial charge in [-0.3, -0.25) is 4.79 Å². The van der Waals surface area contributed by atoms with Gasteiger partial charge in [0.2, 0.25) is 10.0 Å². The predicted molar refractivity (Wildman–Crippen MR) is 107 cm³/mol. The van der Waals surface area contributed by atoms with E-state index in [0.717, 1.165) is 12.1 Å². The topological polar surface area (TPSA) is 75.7 Å². The second-order valence-corrected chi connectivity index (χ2v) is 8.54. The van der Waals surface area contributed by atoms with Crippen LogP contribution in [0.3, 0.4) is 0 Å². The number of alkyl halides is 3. The Balaban J connectivity index is 1.59. The molecule has 1 aliphatic heterocycles. The van der Waals surface area contributed by atoms with Crippen molar-refractivity contribution in [3.05, 3.63) is 65.2 Å². The molecule has 0 radical (unpaired) electrons. The number of carbonyl (C=O) groups excluding carboxylic acids is 1. The first-order valence-electron chi connectivity index (χ1n) is 9.30. The molecule has 0 spiro atoms. The molecule has 2 aromatic rings. The SMILES string of the molecule is O=C(NCC#Cc1cccc(C(F)(F)F)c1)c1ccc(S(=O)(=O)N2CCOCC2)cc1. The minimum absolute atomic E-state index is 0.0790. The molecule has 0 bridgehead atoms. The zero-order valence-electron chi connectivity index (χ0n) is 16.3. The Morgan fingerprint density at radius 2 is 1.77 bits per heavy atom. The van der Waals surface area contributed by atoms with Gasteiger partial charge in [0, 0.05) is 24.2 Å². The van der Waals surface area contributed by atoms with Crippen LogP contribution in [-0.2, 0) is 20.9 Å². The number of benzene rings is 2. The summed E-state index contributed by atoms with van der Waals surface area (Å²) in [4.78, 5) is 12.3. The molecule has 0 aliphatic carbocycles. The molecule has 0 atom stereocenters. The fourth-order valence-electron chi connectivity index (χ4n) is 2.86. The van der Waals surface area contributed by atoms with Crippen molar-refractivity contribution in [2.45, 2.75) is 11.1 Å². The first kappa shape index (κ1) is 22.8. The van der Waals surface area contributed by atoms with E-state index >= 15 is 0 Å². The van der Waals surface area contributed by atoms with E-state index in [1.54, 1.807) is 0 Å². The van der Waals surface area contributed by atoms with Crippen molar-refractivity contribution in [2.75, 3.05) is 32.8 Å². The minimum Gasteiger partial charge on any atom is -0.379 e. The van der Waals surface area contributed by atoms with Crippen molar-refractivity contribution < 1.29 is 31.1 Å². The van der Waals surface area contributed by atoms with E-state index in [2.05, 4.69) is 17.2 Å². The van der Waals surface area contributed by atoms with Crippen molar-refractivity contribution >= 4 is 15.9 Å². The Morgan fingerprint density at radius 3 is 2.42 bits per heavy atom. The summed E-state index contributed by atoms with van der Waals surface area (Å²) in [5.74, 6) is 4.69. The van der Waals surface area contributed by atoms with Crippen LogP contribution in [0, 0.1) is 11.8 Å². The van der Waals surface area contributed by atoms with Crippen LogP contribution in [0.25, 0.3) is 0 Å². The van der Waals surface area contributed by atoms with Gasteiger partial charge >= 0.3 is 6.18 Å². The molecule has 1 heterocycles. The number of ether oxygens (including phenoxy) is 1. The number of carbonyl (C=O) groups is 1. The summed E-state index contributed by atoms with van der Waals surface area (Å²) in [6.45, 7) is 1.13. The normalized spacial score (nSPS) is 15.1. The molecule has 2 aromatic carbocycles. The number of nitrogens with one attached hydrogen (secondary N) is 1. The van der Waals surface area contributed by atoms with Gasteiger partial charge < -0.3 is 10.1 Å². The average Bonchev–Trinajstić information content (AvgIpc) is 2.77. The highest BCUT2D eigenvalue weighted by atomic mass is 32.2. The fraction of sp³-hybridized carbons (Fsp3) is 0.286. The first-order valence-corrected chi connectivity index (χ1v) is 10.7. The molecule has 1 saturated heterocycles. The summed E-state index contributed by atoms with van der Waals surface area (Å²) in [5.41, 5.74) is -0.376. The van der Waals surface area contributed by atoms with Crippen molar-refractivity contribution in [1.29, 1.82) is 0 Å². The number of sulfonamides is 1. The lowest BCUT2D eigenvalue weighted by atomic mass is 10.1. The van der Waals surface area contributed by atoms with Crippen LogP contribution in [0.2, 0.25) is 0 Å². The zero-order chi connectivity index (χ0) is 22.5. The lowest BCUT2D eigenvalue weighted by Crippen LogP contribution is -2.40. The monoisotopic (exact) mass is 452 g/mol. The molecule has 1 fully saturated rings. The lowest BCUT2D eigenvalue weighted by molar-refractivity contribution is -0.137. The number of hydrogen-bond donors (Lipinski definition) is 1. The van der Waals surface area contributed by atoms with Gasteiger partial charge in [-0.05, 0) is 42.5 Å². The van der Waals surface area contributed by atoms with Gasteiger partial charge in [0.05, 0.1) is 30.2 Å². The number of rotatable bonds is 4. The fourth-order valence-corrected chi connectivity index (χ4v) is 4.27. The Bertz CT molecular complexity index is 1100. The third-order valence-electron chi connectivity index (χ3n) is 4.48. The first-order chi connectivity index (χ1) is 14.7. The highest BCUT2D eigenvalue weighted by Crippen LogP contribution is 2.29. The van der Waals surface area contributed by atoms with Gasteiger partial charge in [0.25, 0.3) is 5.91 Å². The quantitative estimate of drug-likeness (QED) is 0.724. The van der Waals surface area contributed by atoms with Crippen molar-refractivity contribution in [3.8, 4) is 11.8 Å². The number of morpholine rings is 1. The Kier molecular flexibility index (Phi) is 7.00. The van der Waals surface area contributed by atoms with Crippen LogP contribution in [0.15, 0.2) is 53.4 Å². The standard InChI is InChI=1S/C21H19F3N2O4S/c22-21(23,24)18-5-1-3-16(15-18)4-2-10-25-20(27)17-6-8-19(9-7-17)31(28,29)26-11-13-30-14-12-26/h1,3,5-9,15H,10-14H2,(H,25,27). The molecule has 1 N–H and O–H groups in total. The molecule has 10 heteroatoms. The Labute approximate surface area is 178 Å². The van der Waals surface area contributed by atoms with Gasteiger partial charge in [-0.15, -0.1) is 0 Å². The number of halogens is 3. The van der Waals surface area contributed by atoms with E-state index in [0.29, 0.717) is 13.2 Å². The predicted octanol–water partition coefficient (Wildman–Crippen LogP) is 2.51. The van der Waals surface area contributed by atoms with Crippen molar-refractivity contribution in [1.82, 2.24) is 9.62 Å². The highest BCUT2D eigenvalue weighted by Gasteiger charge is 2.30. The maximum atomic E-state index is 12.7. The summed E-state index contributed by atoms with van der Waals surface area (Å²) in [7, 11) is -3.65. The van der Waals surface area contributed by atoms with Gasteiger partial charge in [-0.25, -0.2) is 8.42 Å². The molecule has 1 amide bonds. The summed E-state index contributed by atoms with van der Waals surface area (Å²) in [5, 5.41) is 2.52. The Morgan fingerprint density at radius 1 is 1.10 bits per heavy atom. The lowest BCUT2D eigenvalue weighted by Gasteiger charge is -2.26. The van der Waals surface area contributed by atoms with Gasteiger partial charge in [-0.2, -0.15) is 17.5 Å². The molecule has 164 valence electrons. The summed E-state index contributed by atoms with van der Waals surface area (Å²) < 4.78 is 69.8. The summed E-state index contributed by atoms with van der Waals surface area (Å²) >= 11 is 0. The number of hydrogen-bond acceptors (Lipinski definition) is 4. The average molecular weight is 452 g/mol. The molecule has 3 rings (SSSR count). The van der Waals surface area contributed by atoms with E-state index in [1.165, 1.54) is 40.7 Å². The Hall–Kier alpha value is -2.87. The zero-order valence-corrected chi connectivity index (χ0v) is 17.1. The number of nitrogens with zero attached hydrogens (tertiary/aromatic N) is 1. The second-order valence-electron chi connectivity index (χ2n) is 6.60.